The van der Waals surface area contributed by atoms with Crippen molar-refractivity contribution in [2.24, 2.45) is 11.1 Å². The monoisotopic (exact) mass is 248 g/mol. The molecule has 0 aliphatic heterocycles. The van der Waals surface area contributed by atoms with E-state index in [1.807, 2.05) is 37.4 Å². The lowest BCUT2D eigenvalue weighted by Crippen LogP contribution is -2.28. The van der Waals surface area contributed by atoms with E-state index in [9.17, 15) is 4.79 Å². The van der Waals surface area contributed by atoms with Gasteiger partial charge in [0.2, 0.25) is 5.91 Å². The Morgan fingerprint density at radius 3 is 2.39 bits per heavy atom. The molecule has 0 unspecified atom stereocenters. The summed E-state index contributed by atoms with van der Waals surface area (Å²) in [6.07, 6.45) is 2.40. The van der Waals surface area contributed by atoms with E-state index < -0.39 is 0 Å². The van der Waals surface area contributed by atoms with Gasteiger partial charge in [0.1, 0.15) is 0 Å². The number of carbonyl (C=O) groups is 1. The van der Waals surface area contributed by atoms with Crippen LogP contribution in [0.15, 0.2) is 30.3 Å². The molecule has 100 valence electrons. The summed E-state index contributed by atoms with van der Waals surface area (Å²) in [5.41, 5.74) is 6.66. The van der Waals surface area contributed by atoms with Gasteiger partial charge in [0.25, 0.3) is 0 Å². The van der Waals surface area contributed by atoms with Crippen molar-refractivity contribution in [3.8, 4) is 0 Å². The Hall–Kier alpha value is -1.35. The zero-order valence-electron chi connectivity index (χ0n) is 11.6. The highest BCUT2D eigenvalue weighted by Crippen LogP contribution is 2.26. The molecule has 2 N–H and O–H groups in total. The predicted molar refractivity (Wildman–Crippen MR) is 76.5 cm³/mol. The van der Waals surface area contributed by atoms with Crippen molar-refractivity contribution in [3.63, 3.8) is 0 Å². The molecule has 3 heteroatoms. The standard InChI is InChI=1S/C15H24N2O/c1-15(2,11-12-16)10-9-14(18)17(3)13-7-5-4-6-8-13/h4-8H,9-12,16H2,1-3H3. The fourth-order valence-corrected chi connectivity index (χ4v) is 1.92. The number of amides is 1. The third-order valence-corrected chi connectivity index (χ3v) is 3.35. The van der Waals surface area contributed by atoms with Gasteiger partial charge < -0.3 is 10.6 Å². The molecular weight excluding hydrogens is 224 g/mol. The van der Waals surface area contributed by atoms with Gasteiger partial charge in [0, 0.05) is 19.2 Å². The van der Waals surface area contributed by atoms with Crippen LogP contribution in [0.1, 0.15) is 33.1 Å². The van der Waals surface area contributed by atoms with Crippen LogP contribution >= 0.6 is 0 Å². The molecule has 0 atom stereocenters. The van der Waals surface area contributed by atoms with Crippen molar-refractivity contribution < 1.29 is 4.79 Å². The molecule has 0 fully saturated rings. The first-order valence-electron chi connectivity index (χ1n) is 6.48. The van der Waals surface area contributed by atoms with E-state index in [0.29, 0.717) is 13.0 Å². The number of hydrogen-bond donors (Lipinski definition) is 1. The normalized spacial score (nSPS) is 11.3. The van der Waals surface area contributed by atoms with Crippen LogP contribution in [0.3, 0.4) is 0 Å². The van der Waals surface area contributed by atoms with E-state index >= 15 is 0 Å². The van der Waals surface area contributed by atoms with Crippen LogP contribution in [0.2, 0.25) is 0 Å². The van der Waals surface area contributed by atoms with Crippen LogP contribution in [-0.4, -0.2) is 19.5 Å². The van der Waals surface area contributed by atoms with Crippen molar-refractivity contribution in [2.45, 2.75) is 33.1 Å². The number of benzene rings is 1. The van der Waals surface area contributed by atoms with Crippen LogP contribution < -0.4 is 10.6 Å². The Balaban J connectivity index is 2.51. The maximum atomic E-state index is 12.1. The first-order valence-corrected chi connectivity index (χ1v) is 6.48. The highest BCUT2D eigenvalue weighted by atomic mass is 16.2. The molecular formula is C15H24N2O. The zero-order chi connectivity index (χ0) is 13.6. The van der Waals surface area contributed by atoms with E-state index in [1.165, 1.54) is 0 Å². The van der Waals surface area contributed by atoms with Crippen LogP contribution in [0.5, 0.6) is 0 Å². The first-order chi connectivity index (χ1) is 8.46. The van der Waals surface area contributed by atoms with E-state index in [1.54, 1.807) is 4.90 Å². The minimum Gasteiger partial charge on any atom is -0.330 e. The molecule has 3 nitrogen and oxygen atoms in total. The molecule has 0 aliphatic carbocycles. The topological polar surface area (TPSA) is 46.3 Å². The number of para-hydroxylation sites is 1. The molecule has 1 amide bonds. The largest absolute Gasteiger partial charge is 0.330 e. The zero-order valence-corrected chi connectivity index (χ0v) is 11.6. The Labute approximate surface area is 110 Å². The molecule has 1 rings (SSSR count). The summed E-state index contributed by atoms with van der Waals surface area (Å²) < 4.78 is 0. The van der Waals surface area contributed by atoms with Gasteiger partial charge in [-0.1, -0.05) is 32.0 Å². The Morgan fingerprint density at radius 2 is 1.83 bits per heavy atom. The highest BCUT2D eigenvalue weighted by Gasteiger charge is 2.20. The average Bonchev–Trinajstić information content (AvgIpc) is 2.36. The molecule has 0 radical (unpaired) electrons. The maximum absolute atomic E-state index is 12.1. The Bertz CT molecular complexity index is 373. The number of anilines is 1. The van der Waals surface area contributed by atoms with Gasteiger partial charge in [-0.15, -0.1) is 0 Å². The third-order valence-electron chi connectivity index (χ3n) is 3.35. The molecule has 0 heterocycles. The second kappa shape index (κ2) is 6.55. The van der Waals surface area contributed by atoms with Gasteiger partial charge in [-0.2, -0.15) is 0 Å². The Morgan fingerprint density at radius 1 is 1.22 bits per heavy atom. The van der Waals surface area contributed by atoms with Crippen LogP contribution in [0, 0.1) is 5.41 Å². The van der Waals surface area contributed by atoms with Crippen molar-refractivity contribution >= 4 is 11.6 Å². The smallest absolute Gasteiger partial charge is 0.226 e. The molecule has 0 saturated carbocycles. The van der Waals surface area contributed by atoms with Gasteiger partial charge in [-0.25, -0.2) is 0 Å². The average molecular weight is 248 g/mol. The van der Waals surface area contributed by atoms with Crippen LogP contribution in [-0.2, 0) is 4.79 Å². The number of nitrogens with two attached hydrogens (primary N) is 1. The van der Waals surface area contributed by atoms with Crippen LogP contribution in [0.4, 0.5) is 5.69 Å². The summed E-state index contributed by atoms with van der Waals surface area (Å²) in [7, 11) is 1.83. The van der Waals surface area contributed by atoms with Crippen LogP contribution in [0.25, 0.3) is 0 Å². The molecule has 18 heavy (non-hydrogen) atoms. The summed E-state index contributed by atoms with van der Waals surface area (Å²) in [6, 6.07) is 9.73. The van der Waals surface area contributed by atoms with Crippen molar-refractivity contribution in [1.82, 2.24) is 0 Å². The number of hydrogen-bond acceptors (Lipinski definition) is 2. The summed E-state index contributed by atoms with van der Waals surface area (Å²) in [6.45, 7) is 5.00. The summed E-state index contributed by atoms with van der Waals surface area (Å²) in [5, 5.41) is 0. The van der Waals surface area contributed by atoms with Gasteiger partial charge in [-0.3, -0.25) is 4.79 Å². The minimum atomic E-state index is 0.141. The maximum Gasteiger partial charge on any atom is 0.226 e. The number of rotatable bonds is 6. The van der Waals surface area contributed by atoms with Crippen molar-refractivity contribution in [2.75, 3.05) is 18.5 Å². The summed E-state index contributed by atoms with van der Waals surface area (Å²) in [5.74, 6) is 0.159. The number of carbonyl (C=O) groups excluding carboxylic acids is 1. The van der Waals surface area contributed by atoms with Gasteiger partial charge in [-0.05, 0) is 36.9 Å². The lowest BCUT2D eigenvalue weighted by molar-refractivity contribution is -0.118. The molecule has 0 aliphatic rings. The van der Waals surface area contributed by atoms with E-state index in [0.717, 1.165) is 18.5 Å². The van der Waals surface area contributed by atoms with E-state index in [4.69, 9.17) is 5.73 Å². The fourth-order valence-electron chi connectivity index (χ4n) is 1.92. The quantitative estimate of drug-likeness (QED) is 0.841. The molecule has 1 aromatic rings. The molecule has 0 spiro atoms. The minimum absolute atomic E-state index is 0.141. The van der Waals surface area contributed by atoms with Crippen molar-refractivity contribution in [3.05, 3.63) is 30.3 Å². The van der Waals surface area contributed by atoms with E-state index in [2.05, 4.69) is 13.8 Å². The first kappa shape index (κ1) is 14.7. The highest BCUT2D eigenvalue weighted by molar-refractivity contribution is 5.92. The van der Waals surface area contributed by atoms with Gasteiger partial charge in [0.05, 0.1) is 0 Å². The lowest BCUT2D eigenvalue weighted by atomic mass is 9.84. The second-order valence-corrected chi connectivity index (χ2v) is 5.49. The van der Waals surface area contributed by atoms with E-state index in [-0.39, 0.29) is 11.3 Å². The SMILES string of the molecule is CN(C(=O)CCC(C)(C)CCN)c1ccccc1. The number of nitrogens with zero attached hydrogens (tertiary/aromatic N) is 1. The molecule has 0 saturated heterocycles. The second-order valence-electron chi connectivity index (χ2n) is 5.49. The van der Waals surface area contributed by atoms with Gasteiger partial charge >= 0.3 is 0 Å². The molecule has 0 aromatic heterocycles. The Kier molecular flexibility index (Phi) is 5.35. The molecule has 1 aromatic carbocycles. The van der Waals surface area contributed by atoms with Gasteiger partial charge in [0.15, 0.2) is 0 Å². The predicted octanol–water partition coefficient (Wildman–Crippen LogP) is 2.80. The molecule has 0 bridgehead atoms. The lowest BCUT2D eigenvalue weighted by Gasteiger charge is -2.25. The third kappa shape index (κ3) is 4.49. The van der Waals surface area contributed by atoms with Crippen molar-refractivity contribution in [1.29, 1.82) is 0 Å². The summed E-state index contributed by atoms with van der Waals surface area (Å²) >= 11 is 0. The fraction of sp³-hybridized carbons (Fsp3) is 0.533. The summed E-state index contributed by atoms with van der Waals surface area (Å²) in [4.78, 5) is 13.8.